The first kappa shape index (κ1) is 15.4. The Morgan fingerprint density at radius 2 is 2.00 bits per heavy atom. The van der Waals surface area contributed by atoms with E-state index in [0.29, 0.717) is 24.4 Å². The molecule has 2 heterocycles. The van der Waals surface area contributed by atoms with Crippen LogP contribution in [0, 0.1) is 15.5 Å². The first-order valence-electron chi connectivity index (χ1n) is 7.91. The SMILES string of the molecule is CC1(C)CC(=O)C2=C(C1)Nc1nnnn1[C@H]2c1ccc([N+](=O)[O-])cc1. The van der Waals surface area contributed by atoms with Crippen LogP contribution in [0.3, 0.4) is 0 Å². The molecule has 25 heavy (non-hydrogen) atoms. The zero-order valence-electron chi connectivity index (χ0n) is 13.8. The average molecular weight is 340 g/mol. The normalized spacial score (nSPS) is 21.4. The van der Waals surface area contributed by atoms with Crippen LogP contribution in [0.15, 0.2) is 35.5 Å². The van der Waals surface area contributed by atoms with Gasteiger partial charge in [0.05, 0.1) is 4.92 Å². The lowest BCUT2D eigenvalue weighted by molar-refractivity contribution is -0.384. The zero-order chi connectivity index (χ0) is 17.8. The first-order chi connectivity index (χ1) is 11.9. The molecule has 0 spiro atoms. The molecule has 0 saturated heterocycles. The van der Waals surface area contributed by atoms with Crippen molar-refractivity contribution < 1.29 is 9.72 Å². The number of hydrogen-bond acceptors (Lipinski definition) is 7. The van der Waals surface area contributed by atoms with Crippen molar-refractivity contribution in [3.05, 3.63) is 51.2 Å². The number of anilines is 1. The monoisotopic (exact) mass is 340 g/mol. The topological polar surface area (TPSA) is 116 Å². The fourth-order valence-corrected chi connectivity index (χ4v) is 3.56. The van der Waals surface area contributed by atoms with Crippen LogP contribution >= 0.6 is 0 Å². The molecule has 0 bridgehead atoms. The number of tetrazole rings is 1. The van der Waals surface area contributed by atoms with Crippen molar-refractivity contribution in [1.29, 1.82) is 0 Å². The van der Waals surface area contributed by atoms with E-state index in [2.05, 4.69) is 34.7 Å². The average Bonchev–Trinajstić information content (AvgIpc) is 2.99. The number of carbonyl (C=O) groups excluding carboxylic acids is 1. The molecule has 1 aliphatic carbocycles. The van der Waals surface area contributed by atoms with E-state index >= 15 is 0 Å². The number of rotatable bonds is 2. The van der Waals surface area contributed by atoms with Crippen molar-refractivity contribution in [1.82, 2.24) is 20.2 Å². The Labute approximate surface area is 142 Å². The minimum absolute atomic E-state index is 0.0000645. The van der Waals surface area contributed by atoms with Gasteiger partial charge in [0.2, 0.25) is 5.95 Å². The van der Waals surface area contributed by atoms with Crippen molar-refractivity contribution in [2.24, 2.45) is 5.41 Å². The van der Waals surface area contributed by atoms with Gasteiger partial charge in [0.15, 0.2) is 5.78 Å². The summed E-state index contributed by atoms with van der Waals surface area (Å²) in [6.07, 6.45) is 1.15. The van der Waals surface area contributed by atoms with E-state index in [1.807, 2.05) is 0 Å². The third-order valence-electron chi connectivity index (χ3n) is 4.61. The molecule has 4 rings (SSSR count). The molecule has 0 unspecified atom stereocenters. The summed E-state index contributed by atoms with van der Waals surface area (Å²) in [5.41, 5.74) is 2.06. The number of nitrogens with one attached hydrogen (secondary N) is 1. The quantitative estimate of drug-likeness (QED) is 0.658. The maximum absolute atomic E-state index is 12.8. The number of fused-ring (bicyclic) bond motifs is 1. The van der Waals surface area contributed by atoms with E-state index in [9.17, 15) is 14.9 Å². The van der Waals surface area contributed by atoms with Crippen LogP contribution in [-0.4, -0.2) is 30.9 Å². The smallest absolute Gasteiger partial charge is 0.269 e. The van der Waals surface area contributed by atoms with Crippen molar-refractivity contribution in [3.63, 3.8) is 0 Å². The van der Waals surface area contributed by atoms with Gasteiger partial charge in [-0.25, -0.2) is 0 Å². The number of nitrogens with zero attached hydrogens (tertiary/aromatic N) is 5. The molecule has 1 N–H and O–H groups in total. The number of carbonyl (C=O) groups is 1. The van der Waals surface area contributed by atoms with E-state index in [1.165, 1.54) is 12.1 Å². The van der Waals surface area contributed by atoms with Gasteiger partial charge in [-0.1, -0.05) is 18.9 Å². The molecule has 0 radical (unpaired) electrons. The number of nitro benzene ring substituents is 1. The summed E-state index contributed by atoms with van der Waals surface area (Å²) in [6, 6.07) is 5.68. The third kappa shape index (κ3) is 2.48. The molecule has 9 heteroatoms. The van der Waals surface area contributed by atoms with Gasteiger partial charge in [0, 0.05) is 29.8 Å². The largest absolute Gasteiger partial charge is 0.326 e. The molecular weight excluding hydrogens is 324 g/mol. The Morgan fingerprint density at radius 1 is 1.28 bits per heavy atom. The highest BCUT2D eigenvalue weighted by atomic mass is 16.6. The van der Waals surface area contributed by atoms with Crippen LogP contribution in [0.4, 0.5) is 11.6 Å². The zero-order valence-corrected chi connectivity index (χ0v) is 13.8. The third-order valence-corrected chi connectivity index (χ3v) is 4.61. The minimum atomic E-state index is -0.481. The summed E-state index contributed by atoms with van der Waals surface area (Å²) in [5, 5.41) is 25.7. The second-order valence-electron chi connectivity index (χ2n) is 7.16. The van der Waals surface area contributed by atoms with Gasteiger partial charge >= 0.3 is 0 Å². The van der Waals surface area contributed by atoms with Crippen molar-refractivity contribution in [3.8, 4) is 0 Å². The lowest BCUT2D eigenvalue weighted by Crippen LogP contribution is -2.36. The number of Topliss-reactive ketones (excluding diaryl/α,β-unsaturated/α-hetero) is 1. The van der Waals surface area contributed by atoms with Crippen LogP contribution in [0.5, 0.6) is 0 Å². The summed E-state index contributed by atoms with van der Waals surface area (Å²) in [4.78, 5) is 23.3. The fraction of sp³-hybridized carbons (Fsp3) is 0.375. The number of ketones is 1. The van der Waals surface area contributed by atoms with Crippen LogP contribution in [0.2, 0.25) is 0 Å². The van der Waals surface area contributed by atoms with Crippen LogP contribution in [0.25, 0.3) is 0 Å². The minimum Gasteiger partial charge on any atom is -0.326 e. The number of nitro groups is 1. The molecule has 0 saturated carbocycles. The van der Waals surface area contributed by atoms with E-state index in [-0.39, 0.29) is 16.9 Å². The fourth-order valence-electron chi connectivity index (χ4n) is 3.56. The molecular formula is C16H16N6O3. The first-order valence-corrected chi connectivity index (χ1v) is 7.91. The summed E-state index contributed by atoms with van der Waals surface area (Å²) in [7, 11) is 0. The number of aromatic nitrogens is 4. The molecule has 1 aromatic heterocycles. The van der Waals surface area contributed by atoms with Crippen molar-refractivity contribution in [2.45, 2.75) is 32.7 Å². The lowest BCUT2D eigenvalue weighted by atomic mass is 9.73. The van der Waals surface area contributed by atoms with E-state index in [1.54, 1.807) is 16.8 Å². The van der Waals surface area contributed by atoms with E-state index < -0.39 is 11.0 Å². The molecule has 2 aromatic rings. The maximum atomic E-state index is 12.8. The molecule has 1 aromatic carbocycles. The Balaban J connectivity index is 1.85. The predicted octanol–water partition coefficient (Wildman–Crippen LogP) is 2.24. The van der Waals surface area contributed by atoms with Crippen molar-refractivity contribution in [2.75, 3.05) is 5.32 Å². The van der Waals surface area contributed by atoms with Gasteiger partial charge in [0.1, 0.15) is 6.04 Å². The number of non-ortho nitro benzene ring substituents is 1. The Morgan fingerprint density at radius 3 is 2.68 bits per heavy atom. The van der Waals surface area contributed by atoms with Gasteiger partial charge in [-0.15, -0.1) is 0 Å². The highest BCUT2D eigenvalue weighted by molar-refractivity contribution is 6.00. The molecule has 1 atom stereocenters. The molecule has 0 fully saturated rings. The Bertz CT molecular complexity index is 912. The molecule has 2 aliphatic rings. The van der Waals surface area contributed by atoms with Crippen molar-refractivity contribution >= 4 is 17.4 Å². The summed E-state index contributed by atoms with van der Waals surface area (Å²) >= 11 is 0. The number of allylic oxidation sites excluding steroid dienone is 2. The second-order valence-corrected chi connectivity index (χ2v) is 7.16. The van der Waals surface area contributed by atoms with E-state index in [0.717, 1.165) is 11.3 Å². The molecule has 0 amide bonds. The van der Waals surface area contributed by atoms with E-state index in [4.69, 9.17) is 0 Å². The second kappa shape index (κ2) is 5.20. The van der Waals surface area contributed by atoms with Crippen LogP contribution in [0.1, 0.15) is 38.3 Å². The van der Waals surface area contributed by atoms with Gasteiger partial charge in [-0.2, -0.15) is 4.68 Å². The summed E-state index contributed by atoms with van der Waals surface area (Å²) in [5.74, 6) is 0.510. The van der Waals surface area contributed by atoms with Crippen LogP contribution in [-0.2, 0) is 4.79 Å². The Kier molecular flexibility index (Phi) is 3.21. The predicted molar refractivity (Wildman–Crippen MR) is 87.7 cm³/mol. The maximum Gasteiger partial charge on any atom is 0.269 e. The Hall–Kier alpha value is -3.10. The molecule has 9 nitrogen and oxygen atoms in total. The lowest BCUT2D eigenvalue weighted by Gasteiger charge is -2.37. The van der Waals surface area contributed by atoms with Gasteiger partial charge in [-0.3, -0.25) is 14.9 Å². The molecule has 1 aliphatic heterocycles. The molecule has 128 valence electrons. The number of hydrogen-bond donors (Lipinski definition) is 1. The number of benzene rings is 1. The standard InChI is InChI=1S/C16H16N6O3/c1-16(2)7-11-13(12(23)8-16)14(21-15(17-11)18-19-20-21)9-3-5-10(6-4-9)22(24)25/h3-6,14H,7-8H2,1-2H3,(H,17,18,20)/t14-/m0/s1. The van der Waals surface area contributed by atoms with Gasteiger partial charge < -0.3 is 5.32 Å². The summed E-state index contributed by atoms with van der Waals surface area (Å²) < 4.78 is 1.55. The highest BCUT2D eigenvalue weighted by Gasteiger charge is 2.41. The van der Waals surface area contributed by atoms with Gasteiger partial charge in [0.25, 0.3) is 5.69 Å². The highest BCUT2D eigenvalue weighted by Crippen LogP contribution is 2.45. The van der Waals surface area contributed by atoms with Crippen LogP contribution < -0.4 is 5.32 Å². The van der Waals surface area contributed by atoms with Gasteiger partial charge in [-0.05, 0) is 40.0 Å². The summed E-state index contributed by atoms with van der Waals surface area (Å²) in [6.45, 7) is 4.10.